The first-order valence-electron chi connectivity index (χ1n) is 19.2. The Morgan fingerprint density at radius 2 is 1.38 bits per heavy atom. The lowest BCUT2D eigenvalue weighted by molar-refractivity contribution is 0.0267. The van der Waals surface area contributed by atoms with Crippen molar-refractivity contribution in [1.29, 1.82) is 0 Å². The molecule has 4 fully saturated rings. The maximum atomic E-state index is 11.2. The Balaban J connectivity index is 1.07. The average molecular weight is 557 g/mol. The first kappa shape index (κ1) is 32.9. The number of unbranched alkanes of at least 4 members (excludes halogenated alkanes) is 2. The summed E-state index contributed by atoms with van der Waals surface area (Å²) in [6, 6.07) is 0. The number of fused-ring (bicyclic) bond motifs is 1. The first-order chi connectivity index (χ1) is 19.5. The molecule has 9 atom stereocenters. The van der Waals surface area contributed by atoms with E-state index in [-0.39, 0.29) is 6.10 Å². The zero-order chi connectivity index (χ0) is 28.2. The molecule has 4 saturated carbocycles. The van der Waals surface area contributed by atoms with Crippen LogP contribution in [0.25, 0.3) is 0 Å². The molecule has 40 heavy (non-hydrogen) atoms. The van der Waals surface area contributed by atoms with Gasteiger partial charge in [-0.15, -0.1) is 0 Å². The number of hydrogen-bond acceptors (Lipinski definition) is 1. The highest BCUT2D eigenvalue weighted by molar-refractivity contribution is 4.85. The van der Waals surface area contributed by atoms with Gasteiger partial charge in [-0.3, -0.25) is 0 Å². The summed E-state index contributed by atoms with van der Waals surface area (Å²) >= 11 is 0. The predicted octanol–water partition coefficient (Wildman–Crippen LogP) is 12.1. The van der Waals surface area contributed by atoms with Gasteiger partial charge in [0.05, 0.1) is 6.10 Å². The van der Waals surface area contributed by atoms with Crippen molar-refractivity contribution in [3.63, 3.8) is 0 Å². The summed E-state index contributed by atoms with van der Waals surface area (Å²) in [5.74, 6) is 8.33. The molecule has 1 heteroatoms. The molecule has 0 heterocycles. The van der Waals surface area contributed by atoms with E-state index in [1.807, 2.05) is 0 Å². The van der Waals surface area contributed by atoms with Crippen LogP contribution in [0, 0.1) is 53.3 Å². The average Bonchev–Trinajstić information content (AvgIpc) is 2.97. The molecule has 9 unspecified atom stereocenters. The largest absolute Gasteiger partial charge is 0.393 e. The lowest BCUT2D eigenvalue weighted by atomic mass is 9.66. The van der Waals surface area contributed by atoms with Crippen LogP contribution < -0.4 is 0 Å². The van der Waals surface area contributed by atoms with Crippen LogP contribution in [-0.2, 0) is 0 Å². The van der Waals surface area contributed by atoms with Gasteiger partial charge in [-0.1, -0.05) is 156 Å². The molecule has 4 aliphatic rings. The maximum Gasteiger partial charge on any atom is 0.0571 e. The van der Waals surface area contributed by atoms with Crippen molar-refractivity contribution in [2.75, 3.05) is 0 Å². The molecule has 0 amide bonds. The second-order valence-electron chi connectivity index (χ2n) is 16.2. The van der Waals surface area contributed by atoms with Crippen LogP contribution in [-0.4, -0.2) is 11.2 Å². The van der Waals surface area contributed by atoms with E-state index in [9.17, 15) is 5.11 Å². The van der Waals surface area contributed by atoms with Crippen molar-refractivity contribution in [2.45, 2.75) is 194 Å². The summed E-state index contributed by atoms with van der Waals surface area (Å²) in [7, 11) is 0. The van der Waals surface area contributed by atoms with Gasteiger partial charge in [0.2, 0.25) is 0 Å². The fourth-order valence-corrected chi connectivity index (χ4v) is 10.6. The molecular formula is C39H72O. The molecular weight excluding hydrogens is 484 g/mol. The third-order valence-corrected chi connectivity index (χ3v) is 13.1. The minimum absolute atomic E-state index is 0.0454. The fourth-order valence-electron chi connectivity index (χ4n) is 10.6. The Labute approximate surface area is 251 Å². The van der Waals surface area contributed by atoms with E-state index in [0.717, 1.165) is 53.8 Å². The monoisotopic (exact) mass is 557 g/mol. The molecule has 0 spiro atoms. The normalized spacial score (nSPS) is 34.2. The van der Waals surface area contributed by atoms with Crippen molar-refractivity contribution < 1.29 is 5.11 Å². The van der Waals surface area contributed by atoms with Gasteiger partial charge < -0.3 is 5.11 Å². The van der Waals surface area contributed by atoms with Gasteiger partial charge in [0, 0.05) is 0 Å². The van der Waals surface area contributed by atoms with Gasteiger partial charge in [0.15, 0.2) is 0 Å². The zero-order valence-electron chi connectivity index (χ0n) is 27.6. The second kappa shape index (κ2) is 17.9. The Morgan fingerprint density at radius 1 is 0.650 bits per heavy atom. The molecule has 0 aromatic rings. The van der Waals surface area contributed by atoms with Gasteiger partial charge in [0.1, 0.15) is 0 Å². The van der Waals surface area contributed by atoms with Gasteiger partial charge >= 0.3 is 0 Å². The Morgan fingerprint density at radius 3 is 2.17 bits per heavy atom. The van der Waals surface area contributed by atoms with Gasteiger partial charge in [-0.2, -0.15) is 0 Å². The van der Waals surface area contributed by atoms with Crippen molar-refractivity contribution in [1.82, 2.24) is 0 Å². The summed E-state index contributed by atoms with van der Waals surface area (Å²) in [5, 5.41) is 11.2. The lowest BCUT2D eigenvalue weighted by Crippen LogP contribution is -2.32. The highest BCUT2D eigenvalue weighted by Gasteiger charge is 2.34. The minimum Gasteiger partial charge on any atom is -0.393 e. The molecule has 1 nitrogen and oxygen atoms in total. The number of aliphatic hydroxyl groups excluding tert-OH is 1. The van der Waals surface area contributed by atoms with E-state index in [1.165, 1.54) is 141 Å². The predicted molar refractivity (Wildman–Crippen MR) is 174 cm³/mol. The fraction of sp³-hybridized carbons (Fsp3) is 1.00. The summed E-state index contributed by atoms with van der Waals surface area (Å²) < 4.78 is 0. The molecule has 4 rings (SSSR count). The SMILES string of the molecule is CCCC(CCCC1CCC(C)C(C(O)CCCCCC(C)CC2CCC3CCCCC3C2)C1)C1CCCCC1. The highest BCUT2D eigenvalue weighted by atomic mass is 16.3. The van der Waals surface area contributed by atoms with Crippen molar-refractivity contribution in [2.24, 2.45) is 53.3 Å². The first-order valence-corrected chi connectivity index (χ1v) is 19.2. The molecule has 0 aromatic heterocycles. The second-order valence-corrected chi connectivity index (χ2v) is 16.2. The Kier molecular flexibility index (Phi) is 14.7. The van der Waals surface area contributed by atoms with Crippen LogP contribution in [0.3, 0.4) is 0 Å². The van der Waals surface area contributed by atoms with Crippen LogP contribution in [0.4, 0.5) is 0 Å². The molecule has 0 aromatic carbocycles. The molecule has 4 aliphatic carbocycles. The summed E-state index contributed by atoms with van der Waals surface area (Å²) in [6.45, 7) is 7.37. The molecule has 0 bridgehead atoms. The highest BCUT2D eigenvalue weighted by Crippen LogP contribution is 2.45. The van der Waals surface area contributed by atoms with E-state index in [2.05, 4.69) is 20.8 Å². The van der Waals surface area contributed by atoms with E-state index < -0.39 is 0 Å². The van der Waals surface area contributed by atoms with Crippen LogP contribution in [0.15, 0.2) is 0 Å². The molecule has 0 radical (unpaired) electrons. The third kappa shape index (κ3) is 10.6. The topological polar surface area (TPSA) is 20.2 Å². The van der Waals surface area contributed by atoms with E-state index in [1.54, 1.807) is 19.3 Å². The van der Waals surface area contributed by atoms with Gasteiger partial charge in [-0.05, 0) is 85.4 Å². The Hall–Kier alpha value is -0.0400. The minimum atomic E-state index is -0.0454. The van der Waals surface area contributed by atoms with Crippen LogP contribution in [0.5, 0.6) is 0 Å². The van der Waals surface area contributed by atoms with Crippen molar-refractivity contribution in [3.05, 3.63) is 0 Å². The van der Waals surface area contributed by atoms with Crippen molar-refractivity contribution >= 4 is 0 Å². The van der Waals surface area contributed by atoms with Crippen LogP contribution in [0.1, 0.15) is 188 Å². The summed E-state index contributed by atoms with van der Waals surface area (Å²) in [4.78, 5) is 0. The quantitative estimate of drug-likeness (QED) is 0.187. The standard InChI is InChI=1S/C39H72O/c1-4-14-34(35-17-8-6-9-18-35)21-13-16-32-24-23-31(3)38(29-32)39(40)22-10-5-7-15-30(2)27-33-25-26-36-19-11-12-20-37(36)28-33/h30-40H,4-29H2,1-3H3. The lowest BCUT2D eigenvalue weighted by Gasteiger charge is -2.40. The van der Waals surface area contributed by atoms with Crippen LogP contribution in [0.2, 0.25) is 0 Å². The zero-order valence-corrected chi connectivity index (χ0v) is 27.6. The smallest absolute Gasteiger partial charge is 0.0571 e. The number of rotatable bonds is 16. The van der Waals surface area contributed by atoms with E-state index in [4.69, 9.17) is 0 Å². The summed E-state index contributed by atoms with van der Waals surface area (Å²) in [6.07, 6.45) is 37.4. The van der Waals surface area contributed by atoms with Crippen molar-refractivity contribution in [3.8, 4) is 0 Å². The van der Waals surface area contributed by atoms with Gasteiger partial charge in [0.25, 0.3) is 0 Å². The maximum absolute atomic E-state index is 11.2. The number of hydrogen-bond donors (Lipinski definition) is 1. The van der Waals surface area contributed by atoms with Gasteiger partial charge in [-0.25, -0.2) is 0 Å². The summed E-state index contributed by atoms with van der Waals surface area (Å²) in [5.41, 5.74) is 0. The molecule has 0 aliphatic heterocycles. The van der Waals surface area contributed by atoms with E-state index >= 15 is 0 Å². The third-order valence-electron chi connectivity index (χ3n) is 13.1. The Bertz CT molecular complexity index is 651. The molecule has 1 N–H and O–H groups in total. The van der Waals surface area contributed by atoms with E-state index in [0.29, 0.717) is 5.92 Å². The molecule has 0 saturated heterocycles. The van der Waals surface area contributed by atoms with Crippen LogP contribution >= 0.6 is 0 Å². The molecule has 234 valence electrons. The number of aliphatic hydroxyl groups is 1.